The largest absolute Gasteiger partial charge is 0.495 e. The summed E-state index contributed by atoms with van der Waals surface area (Å²) in [7, 11) is 1.51. The maximum Gasteiger partial charge on any atom is 0.221 e. The number of benzene rings is 1. The lowest BCUT2D eigenvalue weighted by Crippen LogP contribution is -2.09. The molecule has 1 rings (SSSR count). The van der Waals surface area contributed by atoms with Crippen molar-refractivity contribution in [2.24, 2.45) is 0 Å². The molecular weight excluding hydrogens is 194 g/mol. The summed E-state index contributed by atoms with van der Waals surface area (Å²) in [5, 5.41) is 2.64. The van der Waals surface area contributed by atoms with E-state index >= 15 is 0 Å². The van der Waals surface area contributed by atoms with E-state index in [1.165, 1.54) is 14.0 Å². The van der Waals surface area contributed by atoms with Crippen LogP contribution in [0.15, 0.2) is 12.1 Å². The van der Waals surface area contributed by atoms with E-state index < -0.39 is 0 Å². The minimum Gasteiger partial charge on any atom is -0.495 e. The molecule has 4 nitrogen and oxygen atoms in total. The second kappa shape index (κ2) is 4.59. The van der Waals surface area contributed by atoms with Gasteiger partial charge in [-0.3, -0.25) is 9.59 Å². The number of carbonyl (C=O) groups is 2. The topological polar surface area (TPSA) is 55.4 Å². The number of hydrogen-bond acceptors (Lipinski definition) is 3. The summed E-state index contributed by atoms with van der Waals surface area (Å²) < 4.78 is 5.10. The van der Waals surface area contributed by atoms with Gasteiger partial charge in [0.15, 0.2) is 0 Å². The molecule has 0 saturated carbocycles. The zero-order valence-electron chi connectivity index (χ0n) is 8.96. The number of nitrogens with one attached hydrogen (secondary N) is 1. The number of amides is 1. The highest BCUT2D eigenvalue weighted by molar-refractivity contribution is 5.94. The van der Waals surface area contributed by atoms with Gasteiger partial charge < -0.3 is 10.1 Å². The highest BCUT2D eigenvalue weighted by atomic mass is 16.5. The number of ether oxygens (including phenoxy) is 1. The number of aldehydes is 1. The molecule has 0 aromatic heterocycles. The minimum absolute atomic E-state index is 0.195. The molecule has 0 aliphatic heterocycles. The zero-order chi connectivity index (χ0) is 11.4. The molecule has 1 N–H and O–H groups in total. The van der Waals surface area contributed by atoms with E-state index in [2.05, 4.69) is 5.32 Å². The highest BCUT2D eigenvalue weighted by Crippen LogP contribution is 2.29. The first-order chi connectivity index (χ1) is 7.10. The van der Waals surface area contributed by atoms with Crippen LogP contribution in [0.25, 0.3) is 0 Å². The Bertz CT molecular complexity index is 399. The van der Waals surface area contributed by atoms with Crippen molar-refractivity contribution in [3.8, 4) is 5.75 Å². The average molecular weight is 207 g/mol. The molecular formula is C11H13NO3. The van der Waals surface area contributed by atoms with Crippen LogP contribution in [0.2, 0.25) is 0 Å². The third kappa shape index (κ3) is 2.34. The normalized spacial score (nSPS) is 9.53. The van der Waals surface area contributed by atoms with E-state index in [-0.39, 0.29) is 5.91 Å². The van der Waals surface area contributed by atoms with E-state index in [1.807, 2.05) is 0 Å². The van der Waals surface area contributed by atoms with E-state index in [0.29, 0.717) is 22.6 Å². The number of hydrogen-bond donors (Lipinski definition) is 1. The Hall–Kier alpha value is -1.84. The molecule has 1 aromatic rings. The molecule has 0 radical (unpaired) electrons. The first-order valence-corrected chi connectivity index (χ1v) is 4.50. The van der Waals surface area contributed by atoms with Crippen LogP contribution >= 0.6 is 0 Å². The second-order valence-corrected chi connectivity index (χ2v) is 3.16. The number of rotatable bonds is 3. The van der Waals surface area contributed by atoms with Gasteiger partial charge in [-0.05, 0) is 24.6 Å². The van der Waals surface area contributed by atoms with Crippen molar-refractivity contribution in [1.29, 1.82) is 0 Å². The zero-order valence-corrected chi connectivity index (χ0v) is 8.96. The smallest absolute Gasteiger partial charge is 0.221 e. The first-order valence-electron chi connectivity index (χ1n) is 4.50. The molecule has 0 aliphatic carbocycles. The van der Waals surface area contributed by atoms with E-state index in [4.69, 9.17) is 4.74 Å². The Kier molecular flexibility index (Phi) is 3.44. The van der Waals surface area contributed by atoms with Crippen LogP contribution in [-0.4, -0.2) is 19.3 Å². The summed E-state index contributed by atoms with van der Waals surface area (Å²) in [6, 6.07) is 3.31. The molecule has 0 unspecified atom stereocenters. The van der Waals surface area contributed by atoms with Gasteiger partial charge in [-0.25, -0.2) is 0 Å². The summed E-state index contributed by atoms with van der Waals surface area (Å²) in [5.74, 6) is 0.354. The summed E-state index contributed by atoms with van der Waals surface area (Å²) in [4.78, 5) is 21.7. The van der Waals surface area contributed by atoms with Crippen LogP contribution in [0.1, 0.15) is 22.8 Å². The van der Waals surface area contributed by atoms with Crippen LogP contribution in [-0.2, 0) is 4.79 Å². The standard InChI is InChI=1S/C11H13NO3/c1-7-9(6-13)4-5-10(15-3)11(7)12-8(2)14/h4-6H,1-3H3,(H,12,14). The third-order valence-corrected chi connectivity index (χ3v) is 2.12. The molecule has 15 heavy (non-hydrogen) atoms. The fourth-order valence-corrected chi connectivity index (χ4v) is 1.33. The van der Waals surface area contributed by atoms with Crippen molar-refractivity contribution >= 4 is 17.9 Å². The number of methoxy groups -OCH3 is 1. The predicted octanol–water partition coefficient (Wildman–Crippen LogP) is 1.77. The van der Waals surface area contributed by atoms with Crippen molar-refractivity contribution in [1.82, 2.24) is 0 Å². The van der Waals surface area contributed by atoms with Crippen LogP contribution in [0, 0.1) is 6.92 Å². The molecule has 0 aliphatic rings. The van der Waals surface area contributed by atoms with E-state index in [0.717, 1.165) is 6.29 Å². The lowest BCUT2D eigenvalue weighted by molar-refractivity contribution is -0.114. The van der Waals surface area contributed by atoms with Gasteiger partial charge in [0, 0.05) is 12.5 Å². The average Bonchev–Trinajstić information content (AvgIpc) is 2.20. The van der Waals surface area contributed by atoms with Gasteiger partial charge in [-0.2, -0.15) is 0 Å². The third-order valence-electron chi connectivity index (χ3n) is 2.12. The molecule has 0 saturated heterocycles. The lowest BCUT2D eigenvalue weighted by Gasteiger charge is -2.13. The minimum atomic E-state index is -0.195. The van der Waals surface area contributed by atoms with Crippen LogP contribution in [0.3, 0.4) is 0 Å². The van der Waals surface area contributed by atoms with Gasteiger partial charge >= 0.3 is 0 Å². The Labute approximate surface area is 88.2 Å². The Morgan fingerprint density at radius 3 is 2.60 bits per heavy atom. The first kappa shape index (κ1) is 11.2. The van der Waals surface area contributed by atoms with Gasteiger partial charge in [0.05, 0.1) is 12.8 Å². The molecule has 0 spiro atoms. The molecule has 1 aromatic carbocycles. The van der Waals surface area contributed by atoms with Gasteiger partial charge in [0.2, 0.25) is 5.91 Å². The summed E-state index contributed by atoms with van der Waals surface area (Å²) in [6.45, 7) is 3.17. The van der Waals surface area contributed by atoms with Gasteiger partial charge in [0.25, 0.3) is 0 Å². The fourth-order valence-electron chi connectivity index (χ4n) is 1.33. The Morgan fingerprint density at radius 1 is 1.47 bits per heavy atom. The molecule has 80 valence electrons. The SMILES string of the molecule is COc1ccc(C=O)c(C)c1NC(C)=O. The maximum absolute atomic E-state index is 11.0. The van der Waals surface area contributed by atoms with Crippen molar-refractivity contribution < 1.29 is 14.3 Å². The monoisotopic (exact) mass is 207 g/mol. The highest BCUT2D eigenvalue weighted by Gasteiger charge is 2.10. The molecule has 1 amide bonds. The maximum atomic E-state index is 11.0. The fraction of sp³-hybridized carbons (Fsp3) is 0.273. The Morgan fingerprint density at radius 2 is 2.13 bits per heavy atom. The second-order valence-electron chi connectivity index (χ2n) is 3.16. The Balaban J connectivity index is 3.28. The summed E-state index contributed by atoms with van der Waals surface area (Å²) in [5.41, 5.74) is 1.80. The molecule has 0 atom stereocenters. The molecule has 4 heteroatoms. The molecule has 0 bridgehead atoms. The summed E-state index contributed by atoms with van der Waals surface area (Å²) in [6.07, 6.45) is 0.750. The molecule has 0 heterocycles. The van der Waals surface area contributed by atoms with Crippen molar-refractivity contribution in [3.05, 3.63) is 23.3 Å². The van der Waals surface area contributed by atoms with Gasteiger partial charge in [-0.15, -0.1) is 0 Å². The quantitative estimate of drug-likeness (QED) is 0.768. The number of carbonyl (C=O) groups excluding carboxylic acids is 2. The lowest BCUT2D eigenvalue weighted by atomic mass is 10.1. The molecule has 0 fully saturated rings. The van der Waals surface area contributed by atoms with Crippen LogP contribution < -0.4 is 10.1 Å². The number of anilines is 1. The van der Waals surface area contributed by atoms with Crippen LogP contribution in [0.5, 0.6) is 5.75 Å². The van der Waals surface area contributed by atoms with Crippen molar-refractivity contribution in [2.75, 3.05) is 12.4 Å². The van der Waals surface area contributed by atoms with Gasteiger partial charge in [0.1, 0.15) is 12.0 Å². The van der Waals surface area contributed by atoms with Crippen molar-refractivity contribution in [3.63, 3.8) is 0 Å². The van der Waals surface area contributed by atoms with Crippen molar-refractivity contribution in [2.45, 2.75) is 13.8 Å². The van der Waals surface area contributed by atoms with Gasteiger partial charge in [-0.1, -0.05) is 0 Å². The summed E-state index contributed by atoms with van der Waals surface area (Å²) >= 11 is 0. The van der Waals surface area contributed by atoms with Crippen LogP contribution in [0.4, 0.5) is 5.69 Å². The van der Waals surface area contributed by atoms with E-state index in [1.54, 1.807) is 19.1 Å². The van der Waals surface area contributed by atoms with E-state index in [9.17, 15) is 9.59 Å². The predicted molar refractivity (Wildman–Crippen MR) is 57.4 cm³/mol.